The Balaban J connectivity index is 3.65. The zero-order valence-electron chi connectivity index (χ0n) is 7.41. The lowest BCUT2D eigenvalue weighted by Crippen LogP contribution is -2.00. The van der Waals surface area contributed by atoms with Gasteiger partial charge in [0.2, 0.25) is 0 Å². The molecule has 0 aromatic heterocycles. The molecule has 0 aliphatic carbocycles. The van der Waals surface area contributed by atoms with E-state index in [0.29, 0.717) is 25.0 Å². The van der Waals surface area contributed by atoms with E-state index >= 15 is 0 Å². The summed E-state index contributed by atoms with van der Waals surface area (Å²) in [6.45, 7) is 1.62. The van der Waals surface area contributed by atoms with Gasteiger partial charge < -0.3 is 4.74 Å². The molecule has 0 saturated carbocycles. The van der Waals surface area contributed by atoms with Crippen molar-refractivity contribution < 1.29 is 9.53 Å². The number of esters is 1. The monoisotopic (exact) mass is 178 g/mol. The Morgan fingerprint density at radius 2 is 2.23 bits per heavy atom. The zero-order valence-corrected chi connectivity index (χ0v) is 7.41. The molecule has 0 heterocycles. The topological polar surface area (TPSA) is 73.9 Å². The summed E-state index contributed by atoms with van der Waals surface area (Å²) in [7, 11) is 0. The summed E-state index contributed by atoms with van der Waals surface area (Å²) >= 11 is 0. The number of carbonyl (C=O) groups excluding carboxylic acids is 1. The van der Waals surface area contributed by atoms with Crippen LogP contribution in [0.1, 0.15) is 19.8 Å². The number of allylic oxidation sites excluding steroid dienone is 2. The average Bonchev–Trinajstić information content (AvgIpc) is 2.10. The SMILES string of the molecule is CC(=O)OCCC/C(C#N)=C\C#N. The molecule has 0 spiro atoms. The van der Waals surface area contributed by atoms with Gasteiger partial charge in [-0.25, -0.2) is 0 Å². The highest BCUT2D eigenvalue weighted by molar-refractivity contribution is 5.65. The smallest absolute Gasteiger partial charge is 0.302 e. The van der Waals surface area contributed by atoms with Crippen molar-refractivity contribution in [1.82, 2.24) is 0 Å². The minimum atomic E-state index is -0.331. The van der Waals surface area contributed by atoms with E-state index in [0.717, 1.165) is 0 Å². The first-order valence-corrected chi connectivity index (χ1v) is 3.83. The molecule has 0 unspecified atom stereocenters. The summed E-state index contributed by atoms with van der Waals surface area (Å²) in [5.74, 6) is -0.331. The first kappa shape index (κ1) is 11.2. The number of ether oxygens (including phenoxy) is 1. The van der Waals surface area contributed by atoms with Gasteiger partial charge in [0.05, 0.1) is 18.7 Å². The summed E-state index contributed by atoms with van der Waals surface area (Å²) in [6, 6.07) is 3.67. The molecule has 0 radical (unpaired) electrons. The van der Waals surface area contributed by atoms with Crippen LogP contribution in [0.3, 0.4) is 0 Å². The summed E-state index contributed by atoms with van der Waals surface area (Å²) in [5, 5.41) is 16.7. The van der Waals surface area contributed by atoms with Gasteiger partial charge in [-0.3, -0.25) is 4.79 Å². The van der Waals surface area contributed by atoms with E-state index in [9.17, 15) is 4.79 Å². The number of hydrogen-bond acceptors (Lipinski definition) is 4. The van der Waals surface area contributed by atoms with Crippen molar-refractivity contribution in [3.63, 3.8) is 0 Å². The second-order valence-electron chi connectivity index (χ2n) is 2.35. The predicted molar refractivity (Wildman–Crippen MR) is 45.2 cm³/mol. The van der Waals surface area contributed by atoms with E-state index in [1.54, 1.807) is 6.07 Å². The van der Waals surface area contributed by atoms with E-state index in [-0.39, 0.29) is 5.97 Å². The summed E-state index contributed by atoms with van der Waals surface area (Å²) in [4.78, 5) is 10.3. The number of hydrogen-bond donors (Lipinski definition) is 0. The Kier molecular flexibility index (Phi) is 5.92. The highest BCUT2D eigenvalue weighted by atomic mass is 16.5. The van der Waals surface area contributed by atoms with Crippen molar-refractivity contribution in [3.05, 3.63) is 11.6 Å². The summed E-state index contributed by atoms with van der Waals surface area (Å²) in [6.07, 6.45) is 2.24. The molecule has 0 fully saturated rings. The fraction of sp³-hybridized carbons (Fsp3) is 0.444. The molecule has 0 amide bonds. The Labute approximate surface area is 77.0 Å². The molecule has 0 rings (SSSR count). The molecule has 0 aliphatic heterocycles. The molecule has 68 valence electrons. The van der Waals surface area contributed by atoms with Gasteiger partial charge in [-0.1, -0.05) is 0 Å². The maximum atomic E-state index is 10.3. The Hall–Kier alpha value is -1.81. The number of nitrogens with zero attached hydrogens (tertiary/aromatic N) is 2. The van der Waals surface area contributed by atoms with Gasteiger partial charge in [0.1, 0.15) is 0 Å². The van der Waals surface area contributed by atoms with Gasteiger partial charge in [0, 0.05) is 18.6 Å². The highest BCUT2D eigenvalue weighted by Gasteiger charge is 1.97. The van der Waals surface area contributed by atoms with E-state index in [1.807, 2.05) is 6.07 Å². The lowest BCUT2D eigenvalue weighted by molar-refractivity contribution is -0.141. The maximum Gasteiger partial charge on any atom is 0.302 e. The van der Waals surface area contributed by atoms with E-state index in [2.05, 4.69) is 4.74 Å². The quantitative estimate of drug-likeness (QED) is 0.369. The largest absolute Gasteiger partial charge is 0.466 e. The van der Waals surface area contributed by atoms with Crippen LogP contribution < -0.4 is 0 Å². The Morgan fingerprint density at radius 1 is 1.54 bits per heavy atom. The van der Waals surface area contributed by atoms with Crippen molar-refractivity contribution in [3.8, 4) is 12.1 Å². The molecule has 0 aromatic rings. The normalized spacial score (nSPS) is 9.92. The maximum absolute atomic E-state index is 10.3. The van der Waals surface area contributed by atoms with Crippen molar-refractivity contribution >= 4 is 5.97 Å². The third-order valence-electron chi connectivity index (χ3n) is 1.28. The fourth-order valence-corrected chi connectivity index (χ4v) is 0.717. The van der Waals surface area contributed by atoms with Crippen molar-refractivity contribution in [2.75, 3.05) is 6.61 Å². The molecule has 0 aliphatic rings. The first-order chi connectivity index (χ1) is 6.20. The van der Waals surface area contributed by atoms with Gasteiger partial charge >= 0.3 is 5.97 Å². The summed E-state index contributed by atoms with van der Waals surface area (Å²) < 4.78 is 4.66. The lowest BCUT2D eigenvalue weighted by atomic mass is 10.1. The van der Waals surface area contributed by atoms with Crippen LogP contribution in [-0.4, -0.2) is 12.6 Å². The van der Waals surface area contributed by atoms with Crippen molar-refractivity contribution in [2.45, 2.75) is 19.8 Å². The molecule has 0 aromatic carbocycles. The van der Waals surface area contributed by atoms with Crippen LogP contribution in [0.15, 0.2) is 11.6 Å². The van der Waals surface area contributed by atoms with Gasteiger partial charge in [-0.2, -0.15) is 10.5 Å². The van der Waals surface area contributed by atoms with Crippen LogP contribution in [0.5, 0.6) is 0 Å². The molecule has 4 heteroatoms. The minimum Gasteiger partial charge on any atom is -0.466 e. The van der Waals surface area contributed by atoms with Crippen molar-refractivity contribution in [2.24, 2.45) is 0 Å². The molecular weight excluding hydrogens is 168 g/mol. The van der Waals surface area contributed by atoms with Gasteiger partial charge in [0.15, 0.2) is 0 Å². The number of rotatable bonds is 4. The number of nitriles is 2. The Morgan fingerprint density at radius 3 is 2.69 bits per heavy atom. The first-order valence-electron chi connectivity index (χ1n) is 3.83. The highest BCUT2D eigenvalue weighted by Crippen LogP contribution is 2.03. The van der Waals surface area contributed by atoms with Crippen LogP contribution in [0.4, 0.5) is 0 Å². The van der Waals surface area contributed by atoms with Crippen LogP contribution in [-0.2, 0) is 9.53 Å². The van der Waals surface area contributed by atoms with E-state index < -0.39 is 0 Å². The summed E-state index contributed by atoms with van der Waals surface area (Å²) in [5.41, 5.74) is 0.412. The second kappa shape index (κ2) is 6.87. The fourth-order valence-electron chi connectivity index (χ4n) is 0.717. The van der Waals surface area contributed by atoms with Gasteiger partial charge in [-0.15, -0.1) is 0 Å². The zero-order chi connectivity index (χ0) is 10.1. The third kappa shape index (κ3) is 6.58. The minimum absolute atomic E-state index is 0.291. The van der Waals surface area contributed by atoms with E-state index in [4.69, 9.17) is 10.5 Å². The van der Waals surface area contributed by atoms with Crippen LogP contribution in [0.2, 0.25) is 0 Å². The molecule has 4 nitrogen and oxygen atoms in total. The average molecular weight is 178 g/mol. The lowest BCUT2D eigenvalue weighted by Gasteiger charge is -1.99. The van der Waals surface area contributed by atoms with Gasteiger partial charge in [0.25, 0.3) is 0 Å². The van der Waals surface area contributed by atoms with Gasteiger partial charge in [-0.05, 0) is 12.8 Å². The number of carbonyl (C=O) groups is 1. The third-order valence-corrected chi connectivity index (χ3v) is 1.28. The second-order valence-corrected chi connectivity index (χ2v) is 2.35. The molecular formula is C9H10N2O2. The molecule has 13 heavy (non-hydrogen) atoms. The standard InChI is InChI=1S/C9H10N2O2/c1-8(12)13-6-2-3-9(7-11)4-5-10/h4H,2-3,6H2,1H3/b9-4+. The molecule has 0 bridgehead atoms. The van der Waals surface area contributed by atoms with Crippen molar-refractivity contribution in [1.29, 1.82) is 10.5 Å². The molecule has 0 atom stereocenters. The molecule has 0 saturated heterocycles. The van der Waals surface area contributed by atoms with Crippen LogP contribution >= 0.6 is 0 Å². The van der Waals surface area contributed by atoms with Crippen LogP contribution in [0, 0.1) is 22.7 Å². The predicted octanol–water partition coefficient (Wildman–Crippen LogP) is 1.30. The molecule has 0 N–H and O–H groups in total. The Bertz CT molecular complexity index is 281. The van der Waals surface area contributed by atoms with Crippen LogP contribution in [0.25, 0.3) is 0 Å². The van der Waals surface area contributed by atoms with E-state index in [1.165, 1.54) is 13.0 Å².